The van der Waals surface area contributed by atoms with Crippen molar-refractivity contribution in [2.45, 2.75) is 0 Å². The lowest BCUT2D eigenvalue weighted by Crippen LogP contribution is -2.10. The zero-order valence-electron chi connectivity index (χ0n) is 37.1. The van der Waals surface area contributed by atoms with Gasteiger partial charge in [-0.2, -0.15) is 0 Å². The van der Waals surface area contributed by atoms with Gasteiger partial charge >= 0.3 is 0 Å². The summed E-state index contributed by atoms with van der Waals surface area (Å²) in [6, 6.07) is 91.8. The van der Waals surface area contributed by atoms with Gasteiger partial charge in [-0.25, -0.2) is 15.0 Å². The number of rotatable bonds is 10. The molecule has 320 valence electrons. The van der Waals surface area contributed by atoms with Gasteiger partial charge in [0, 0.05) is 50.2 Å². The van der Waals surface area contributed by atoms with Crippen molar-refractivity contribution < 1.29 is 0 Å². The number of anilines is 3. The van der Waals surface area contributed by atoms with Crippen LogP contribution >= 0.6 is 0 Å². The molecule has 0 aliphatic carbocycles. The van der Waals surface area contributed by atoms with Crippen molar-refractivity contribution in [2.75, 3.05) is 4.90 Å². The lowest BCUT2D eigenvalue weighted by Gasteiger charge is -2.26. The van der Waals surface area contributed by atoms with E-state index in [2.05, 4.69) is 234 Å². The standard InChI is InChI=1S/C63H43N5/c1-5-15-44(16-6-1)46-25-27-50(28-26-46)62-64-61(49-19-9-3-10-20-49)65-63(66-62)51-33-40-56(41-34-51)67(54-36-29-47(30-37-54)45-17-7-2-8-18-45)55-38-31-48(32-39-55)52-35-42-60-58(43-52)57-23-13-14-24-59(57)68(60)53-21-11-4-12-22-53/h1-43H. The Labute approximate surface area is 395 Å². The molecule has 0 radical (unpaired) electrons. The number of hydrogen-bond donors (Lipinski definition) is 0. The molecule has 0 saturated heterocycles. The summed E-state index contributed by atoms with van der Waals surface area (Å²) in [7, 11) is 0. The van der Waals surface area contributed by atoms with E-state index in [4.69, 9.17) is 15.0 Å². The lowest BCUT2D eigenvalue weighted by molar-refractivity contribution is 1.07. The number of para-hydroxylation sites is 2. The van der Waals surface area contributed by atoms with Crippen LogP contribution < -0.4 is 4.90 Å². The predicted molar refractivity (Wildman–Crippen MR) is 281 cm³/mol. The monoisotopic (exact) mass is 869 g/mol. The minimum Gasteiger partial charge on any atom is -0.311 e. The molecule has 2 aromatic heterocycles. The van der Waals surface area contributed by atoms with E-state index in [0.29, 0.717) is 17.5 Å². The van der Waals surface area contributed by atoms with Crippen molar-refractivity contribution in [1.29, 1.82) is 0 Å². The van der Waals surface area contributed by atoms with Crippen LogP contribution in [0.5, 0.6) is 0 Å². The fraction of sp³-hybridized carbons (Fsp3) is 0. The Kier molecular flexibility index (Phi) is 10.5. The van der Waals surface area contributed by atoms with Crippen LogP contribution in [0.2, 0.25) is 0 Å². The lowest BCUT2D eigenvalue weighted by atomic mass is 10.0. The Morgan fingerprint density at radius 1 is 0.250 bits per heavy atom. The van der Waals surface area contributed by atoms with Gasteiger partial charge in [-0.3, -0.25) is 0 Å². The van der Waals surface area contributed by atoms with Crippen LogP contribution in [0.4, 0.5) is 17.1 Å². The van der Waals surface area contributed by atoms with Gasteiger partial charge in [0.2, 0.25) is 0 Å². The SMILES string of the molecule is c1ccc(-c2ccc(-c3nc(-c4ccccc4)nc(-c4ccc(N(c5ccc(-c6ccccc6)cc5)c5ccc(-c6ccc7c(c6)c6ccccc6n7-c6ccccc6)cc5)cc4)n3)cc2)cc1. The predicted octanol–water partition coefficient (Wildman–Crippen LogP) is 16.4. The summed E-state index contributed by atoms with van der Waals surface area (Å²) in [4.78, 5) is 17.4. The Bertz CT molecular complexity index is 3670. The van der Waals surface area contributed by atoms with E-state index in [-0.39, 0.29) is 0 Å². The molecule has 12 aromatic rings. The Balaban J connectivity index is 0.912. The molecule has 12 rings (SSSR count). The van der Waals surface area contributed by atoms with E-state index in [9.17, 15) is 0 Å². The van der Waals surface area contributed by atoms with Gasteiger partial charge in [0.1, 0.15) is 0 Å². The molecule has 0 spiro atoms. The summed E-state index contributed by atoms with van der Waals surface area (Å²) >= 11 is 0. The second kappa shape index (κ2) is 17.7. The van der Waals surface area contributed by atoms with Crippen LogP contribution in [-0.2, 0) is 0 Å². The van der Waals surface area contributed by atoms with E-state index in [1.165, 1.54) is 44.1 Å². The molecule has 0 saturated carbocycles. The maximum absolute atomic E-state index is 5.08. The number of aromatic nitrogens is 4. The maximum atomic E-state index is 5.08. The highest BCUT2D eigenvalue weighted by atomic mass is 15.1. The van der Waals surface area contributed by atoms with Crippen molar-refractivity contribution >= 4 is 38.9 Å². The van der Waals surface area contributed by atoms with Crippen LogP contribution in [0, 0.1) is 0 Å². The number of fused-ring (bicyclic) bond motifs is 3. The zero-order valence-corrected chi connectivity index (χ0v) is 37.1. The third kappa shape index (κ3) is 7.78. The number of nitrogens with zero attached hydrogens (tertiary/aromatic N) is 5. The average Bonchev–Trinajstić information content (AvgIpc) is 3.76. The molecule has 0 N–H and O–H groups in total. The molecule has 0 amide bonds. The molecule has 5 nitrogen and oxygen atoms in total. The summed E-state index contributed by atoms with van der Waals surface area (Å²) in [5.74, 6) is 1.86. The second-order valence-corrected chi connectivity index (χ2v) is 16.9. The van der Waals surface area contributed by atoms with Crippen LogP contribution in [0.25, 0.3) is 95.0 Å². The third-order valence-electron chi connectivity index (χ3n) is 12.7. The van der Waals surface area contributed by atoms with Crippen molar-refractivity contribution in [3.63, 3.8) is 0 Å². The molecule has 0 aliphatic heterocycles. The Morgan fingerprint density at radius 2 is 0.574 bits per heavy atom. The molecule has 0 bridgehead atoms. The molecule has 0 aliphatic rings. The van der Waals surface area contributed by atoms with Gasteiger partial charge in [0.15, 0.2) is 17.5 Å². The molecule has 0 unspecified atom stereocenters. The first-order valence-electron chi connectivity index (χ1n) is 22.9. The topological polar surface area (TPSA) is 46.8 Å². The summed E-state index contributed by atoms with van der Waals surface area (Å²) in [6.07, 6.45) is 0. The van der Waals surface area contributed by atoms with Crippen LogP contribution in [0.3, 0.4) is 0 Å². The van der Waals surface area contributed by atoms with Gasteiger partial charge in [-0.1, -0.05) is 182 Å². The Morgan fingerprint density at radius 3 is 1.07 bits per heavy atom. The minimum absolute atomic E-state index is 0.611. The minimum atomic E-state index is 0.611. The molecule has 5 heteroatoms. The fourth-order valence-corrected chi connectivity index (χ4v) is 9.24. The number of hydrogen-bond acceptors (Lipinski definition) is 4. The van der Waals surface area contributed by atoms with Gasteiger partial charge in [0.05, 0.1) is 11.0 Å². The molecular formula is C63H43N5. The first kappa shape index (κ1) is 40.3. The van der Waals surface area contributed by atoms with Gasteiger partial charge < -0.3 is 9.47 Å². The number of benzene rings is 10. The summed E-state index contributed by atoms with van der Waals surface area (Å²) in [5, 5.41) is 2.47. The van der Waals surface area contributed by atoms with E-state index in [1.54, 1.807) is 0 Å². The summed E-state index contributed by atoms with van der Waals surface area (Å²) < 4.78 is 2.36. The second-order valence-electron chi connectivity index (χ2n) is 16.9. The first-order chi connectivity index (χ1) is 33.7. The van der Waals surface area contributed by atoms with Crippen molar-refractivity contribution in [1.82, 2.24) is 19.5 Å². The smallest absolute Gasteiger partial charge is 0.164 e. The highest BCUT2D eigenvalue weighted by molar-refractivity contribution is 6.10. The van der Waals surface area contributed by atoms with Gasteiger partial charge in [0.25, 0.3) is 0 Å². The van der Waals surface area contributed by atoms with E-state index < -0.39 is 0 Å². The molecule has 10 aromatic carbocycles. The fourth-order valence-electron chi connectivity index (χ4n) is 9.24. The normalized spacial score (nSPS) is 11.2. The van der Waals surface area contributed by atoms with Crippen molar-refractivity contribution in [2.24, 2.45) is 0 Å². The van der Waals surface area contributed by atoms with Gasteiger partial charge in [-0.05, 0) is 112 Å². The van der Waals surface area contributed by atoms with Gasteiger partial charge in [-0.15, -0.1) is 0 Å². The molecule has 2 heterocycles. The van der Waals surface area contributed by atoms with Crippen LogP contribution in [-0.4, -0.2) is 19.5 Å². The molecule has 0 fully saturated rings. The summed E-state index contributed by atoms with van der Waals surface area (Å²) in [5.41, 5.74) is 16.4. The highest BCUT2D eigenvalue weighted by Crippen LogP contribution is 2.40. The van der Waals surface area contributed by atoms with E-state index in [1.807, 2.05) is 36.4 Å². The quantitative estimate of drug-likeness (QED) is 0.137. The zero-order chi connectivity index (χ0) is 45.2. The van der Waals surface area contributed by atoms with Crippen LogP contribution in [0.15, 0.2) is 261 Å². The molecular weight excluding hydrogens is 827 g/mol. The summed E-state index contributed by atoms with van der Waals surface area (Å²) in [6.45, 7) is 0. The van der Waals surface area contributed by atoms with E-state index in [0.717, 1.165) is 50.6 Å². The van der Waals surface area contributed by atoms with Crippen molar-refractivity contribution in [3.05, 3.63) is 261 Å². The highest BCUT2D eigenvalue weighted by Gasteiger charge is 2.18. The Hall–Kier alpha value is -9.19. The average molecular weight is 870 g/mol. The third-order valence-corrected chi connectivity index (χ3v) is 12.7. The molecule has 0 atom stereocenters. The van der Waals surface area contributed by atoms with Crippen LogP contribution in [0.1, 0.15) is 0 Å². The van der Waals surface area contributed by atoms with Crippen molar-refractivity contribution in [3.8, 4) is 73.2 Å². The largest absolute Gasteiger partial charge is 0.311 e. The van der Waals surface area contributed by atoms with E-state index >= 15 is 0 Å². The maximum Gasteiger partial charge on any atom is 0.164 e. The molecule has 68 heavy (non-hydrogen) atoms. The first-order valence-corrected chi connectivity index (χ1v) is 22.9.